The molecule has 0 bridgehead atoms. The largest absolute Gasteiger partial charge is 0.493 e. The van der Waals surface area contributed by atoms with Crippen molar-refractivity contribution < 1.29 is 9.47 Å². The number of hydrogen-bond donors (Lipinski definition) is 1. The quantitative estimate of drug-likeness (QED) is 0.267. The molecule has 0 fully saturated rings. The van der Waals surface area contributed by atoms with Crippen LogP contribution in [-0.4, -0.2) is 44.3 Å². The molecule has 0 aliphatic rings. The predicted octanol–water partition coefficient (Wildman–Crippen LogP) is 4.73. The number of nitrogens with zero attached hydrogens (tertiary/aromatic N) is 5. The molecule has 0 aliphatic carbocycles. The molecular formula is C30H32N6O3. The molecule has 0 radical (unpaired) electrons. The second-order valence-electron chi connectivity index (χ2n) is 9.41. The Balaban J connectivity index is 1.53. The molecule has 5 aromatic rings. The molecule has 1 unspecified atom stereocenters. The van der Waals surface area contributed by atoms with E-state index in [1.807, 2.05) is 53.2 Å². The molecule has 200 valence electrons. The number of aromatic amines is 1. The summed E-state index contributed by atoms with van der Waals surface area (Å²) in [5.41, 5.74) is 3.44. The monoisotopic (exact) mass is 524 g/mol. The molecular weight excluding hydrogens is 492 g/mol. The number of hydrogen-bond acceptors (Lipinski definition) is 7. The molecule has 39 heavy (non-hydrogen) atoms. The van der Waals surface area contributed by atoms with Crippen LogP contribution in [0.4, 0.5) is 0 Å². The van der Waals surface area contributed by atoms with Gasteiger partial charge in [0.05, 0.1) is 32.3 Å². The highest BCUT2D eigenvalue weighted by Gasteiger charge is 2.26. The van der Waals surface area contributed by atoms with Crippen molar-refractivity contribution in [2.24, 2.45) is 0 Å². The van der Waals surface area contributed by atoms with Gasteiger partial charge in [0.2, 0.25) is 0 Å². The minimum Gasteiger partial charge on any atom is -0.493 e. The summed E-state index contributed by atoms with van der Waals surface area (Å²) in [6.45, 7) is 3.72. The number of fused-ring (bicyclic) bond motifs is 1. The molecule has 0 aliphatic heterocycles. The predicted molar refractivity (Wildman–Crippen MR) is 150 cm³/mol. The highest BCUT2D eigenvalue weighted by molar-refractivity contribution is 5.83. The summed E-state index contributed by atoms with van der Waals surface area (Å²) < 4.78 is 12.7. The van der Waals surface area contributed by atoms with Crippen LogP contribution in [0.25, 0.3) is 10.9 Å². The first-order valence-electron chi connectivity index (χ1n) is 13.0. The zero-order valence-corrected chi connectivity index (χ0v) is 22.4. The number of nitrogens with one attached hydrogen (secondary N) is 1. The number of H-pyrrole nitrogens is 1. The van der Waals surface area contributed by atoms with E-state index in [0.717, 1.165) is 28.8 Å². The van der Waals surface area contributed by atoms with Gasteiger partial charge in [-0.1, -0.05) is 67.6 Å². The topological polar surface area (TPSA) is 98.2 Å². The van der Waals surface area contributed by atoms with Gasteiger partial charge in [-0.15, -0.1) is 5.10 Å². The molecule has 1 N–H and O–H groups in total. The Hall–Kier alpha value is -4.50. The Labute approximate surface area is 227 Å². The first-order chi connectivity index (χ1) is 19.1. The van der Waals surface area contributed by atoms with E-state index in [2.05, 4.69) is 56.6 Å². The van der Waals surface area contributed by atoms with Crippen LogP contribution >= 0.6 is 0 Å². The third-order valence-corrected chi connectivity index (χ3v) is 6.89. The lowest BCUT2D eigenvalue weighted by atomic mass is 10.1. The summed E-state index contributed by atoms with van der Waals surface area (Å²) in [5.74, 6) is 1.94. The van der Waals surface area contributed by atoms with Gasteiger partial charge in [0.25, 0.3) is 5.56 Å². The van der Waals surface area contributed by atoms with Crippen molar-refractivity contribution in [1.29, 1.82) is 0 Å². The Bertz CT molecular complexity index is 1580. The number of ether oxygens (including phenoxy) is 2. The van der Waals surface area contributed by atoms with E-state index in [9.17, 15) is 4.79 Å². The van der Waals surface area contributed by atoms with Crippen LogP contribution in [0, 0.1) is 0 Å². The van der Waals surface area contributed by atoms with Gasteiger partial charge in [-0.05, 0) is 40.1 Å². The number of benzene rings is 3. The first-order valence-corrected chi connectivity index (χ1v) is 13.0. The summed E-state index contributed by atoms with van der Waals surface area (Å²) in [6, 6.07) is 25.8. The molecule has 2 aromatic heterocycles. The molecule has 0 saturated carbocycles. The van der Waals surface area contributed by atoms with E-state index in [1.165, 1.54) is 0 Å². The number of pyridine rings is 1. The smallest absolute Gasteiger partial charge is 0.252 e. The number of rotatable bonds is 11. The summed E-state index contributed by atoms with van der Waals surface area (Å²) >= 11 is 0. The molecule has 9 nitrogen and oxygen atoms in total. The SMILES string of the molecule is CCC(c1nnnn1Cc1ccccc1)N(Cc1ccccc1)Cc1cc2cc(OC)c(OC)cc2[nH]c1=O. The average molecular weight is 525 g/mol. The first kappa shape index (κ1) is 26.1. The van der Waals surface area contributed by atoms with Crippen molar-refractivity contribution in [2.45, 2.75) is 39.0 Å². The standard InChI is InChI=1S/C30H32N6O3/c1-4-26(29-32-33-34-36(29)19-22-13-9-6-10-14-22)35(18-21-11-7-5-8-12-21)20-24-15-23-16-27(38-2)28(39-3)17-25(23)31-30(24)37/h5-17,26H,4,18-20H2,1-3H3,(H,31,37). The van der Waals surface area contributed by atoms with E-state index >= 15 is 0 Å². The van der Waals surface area contributed by atoms with Crippen LogP contribution in [0.1, 0.15) is 41.9 Å². The third-order valence-electron chi connectivity index (χ3n) is 6.89. The minimum atomic E-state index is -0.147. The average Bonchev–Trinajstić information content (AvgIpc) is 3.41. The van der Waals surface area contributed by atoms with Crippen LogP contribution in [0.3, 0.4) is 0 Å². The van der Waals surface area contributed by atoms with Crippen LogP contribution in [0.15, 0.2) is 83.7 Å². The molecule has 2 heterocycles. The van der Waals surface area contributed by atoms with Crippen molar-refractivity contribution in [1.82, 2.24) is 30.1 Å². The maximum atomic E-state index is 13.3. The van der Waals surface area contributed by atoms with Crippen molar-refractivity contribution in [2.75, 3.05) is 14.2 Å². The molecule has 0 saturated heterocycles. The zero-order chi connectivity index (χ0) is 27.2. The van der Waals surface area contributed by atoms with Gasteiger partial charge < -0.3 is 14.5 Å². The van der Waals surface area contributed by atoms with E-state index in [-0.39, 0.29) is 11.6 Å². The van der Waals surface area contributed by atoms with Crippen LogP contribution in [-0.2, 0) is 19.6 Å². The Morgan fingerprint density at radius 3 is 2.23 bits per heavy atom. The lowest BCUT2D eigenvalue weighted by Gasteiger charge is -2.30. The Kier molecular flexibility index (Phi) is 7.98. The highest BCUT2D eigenvalue weighted by atomic mass is 16.5. The molecule has 9 heteroatoms. The fourth-order valence-corrected chi connectivity index (χ4v) is 4.93. The van der Waals surface area contributed by atoms with Gasteiger partial charge in [0.1, 0.15) is 0 Å². The van der Waals surface area contributed by atoms with Crippen LogP contribution in [0.2, 0.25) is 0 Å². The van der Waals surface area contributed by atoms with Crippen LogP contribution in [0.5, 0.6) is 11.5 Å². The van der Waals surface area contributed by atoms with E-state index in [0.29, 0.717) is 42.2 Å². The Morgan fingerprint density at radius 2 is 1.56 bits per heavy atom. The maximum absolute atomic E-state index is 13.3. The summed E-state index contributed by atoms with van der Waals surface area (Å²) in [6.07, 6.45) is 0.762. The maximum Gasteiger partial charge on any atom is 0.252 e. The van der Waals surface area contributed by atoms with Crippen LogP contribution < -0.4 is 15.0 Å². The summed E-state index contributed by atoms with van der Waals surface area (Å²) in [4.78, 5) is 18.6. The van der Waals surface area contributed by atoms with E-state index in [4.69, 9.17) is 9.47 Å². The minimum absolute atomic E-state index is 0.121. The van der Waals surface area contributed by atoms with Crippen molar-refractivity contribution >= 4 is 10.9 Å². The fraction of sp³-hybridized carbons (Fsp3) is 0.267. The van der Waals surface area contributed by atoms with Gasteiger partial charge in [-0.25, -0.2) is 4.68 Å². The van der Waals surface area contributed by atoms with Gasteiger partial charge in [-0.2, -0.15) is 0 Å². The van der Waals surface area contributed by atoms with Gasteiger partial charge in [0, 0.05) is 30.1 Å². The van der Waals surface area contributed by atoms with Crippen molar-refractivity contribution in [3.63, 3.8) is 0 Å². The zero-order valence-electron chi connectivity index (χ0n) is 22.4. The normalized spacial score (nSPS) is 12.1. The Morgan fingerprint density at radius 1 is 0.897 bits per heavy atom. The van der Waals surface area contributed by atoms with Crippen molar-refractivity contribution in [3.05, 3.63) is 112 Å². The molecule has 0 amide bonds. The number of aromatic nitrogens is 5. The highest BCUT2D eigenvalue weighted by Crippen LogP contribution is 2.32. The second kappa shape index (κ2) is 11.9. The summed E-state index contributed by atoms with van der Waals surface area (Å²) in [7, 11) is 3.18. The molecule has 1 atom stereocenters. The molecule has 0 spiro atoms. The number of tetrazole rings is 1. The fourth-order valence-electron chi connectivity index (χ4n) is 4.93. The van der Waals surface area contributed by atoms with E-state index in [1.54, 1.807) is 20.3 Å². The second-order valence-corrected chi connectivity index (χ2v) is 9.41. The molecule has 3 aromatic carbocycles. The van der Waals surface area contributed by atoms with Crippen molar-refractivity contribution in [3.8, 4) is 11.5 Å². The van der Waals surface area contributed by atoms with Gasteiger partial charge in [-0.3, -0.25) is 9.69 Å². The number of methoxy groups -OCH3 is 2. The van der Waals surface area contributed by atoms with Gasteiger partial charge >= 0.3 is 0 Å². The third kappa shape index (κ3) is 5.83. The molecule has 5 rings (SSSR count). The van der Waals surface area contributed by atoms with Gasteiger partial charge in [0.15, 0.2) is 17.3 Å². The lowest BCUT2D eigenvalue weighted by molar-refractivity contribution is 0.161. The van der Waals surface area contributed by atoms with E-state index < -0.39 is 0 Å². The lowest BCUT2D eigenvalue weighted by Crippen LogP contribution is -2.32. The summed E-state index contributed by atoms with van der Waals surface area (Å²) in [5, 5.41) is 13.6.